The third-order valence-electron chi connectivity index (χ3n) is 6.53. The molecule has 1 aromatic carbocycles. The van der Waals surface area contributed by atoms with Gasteiger partial charge in [-0.15, -0.1) is 0 Å². The van der Waals surface area contributed by atoms with Crippen molar-refractivity contribution in [1.29, 1.82) is 0 Å². The molecule has 2 amide bonds. The van der Waals surface area contributed by atoms with E-state index < -0.39 is 11.0 Å². The number of carbonyl (C=O) groups is 2. The number of hydrogen-bond donors (Lipinski definition) is 0. The van der Waals surface area contributed by atoms with Crippen LogP contribution in [-0.4, -0.2) is 46.5 Å². The van der Waals surface area contributed by atoms with Crippen LogP contribution in [-0.2, 0) is 16.0 Å². The van der Waals surface area contributed by atoms with E-state index in [4.69, 9.17) is 27.9 Å². The Kier molecular flexibility index (Phi) is 5.06. The first-order valence-corrected chi connectivity index (χ1v) is 11.0. The van der Waals surface area contributed by atoms with Gasteiger partial charge in [0.15, 0.2) is 0 Å². The third-order valence-corrected chi connectivity index (χ3v) is 7.06. The summed E-state index contributed by atoms with van der Waals surface area (Å²) in [5.41, 5.74) is 1.05. The zero-order valence-electron chi connectivity index (χ0n) is 17.4. The van der Waals surface area contributed by atoms with Gasteiger partial charge >= 0.3 is 6.09 Å². The first-order chi connectivity index (χ1) is 13.5. The molecule has 1 aliphatic carbocycles. The molecule has 7 heteroatoms. The molecule has 0 spiro atoms. The van der Waals surface area contributed by atoms with Crippen LogP contribution in [0.15, 0.2) is 12.1 Å². The number of fused-ring (bicyclic) bond motifs is 3. The monoisotopic (exact) mass is 438 g/mol. The number of rotatable bonds is 1. The van der Waals surface area contributed by atoms with Gasteiger partial charge in [0.05, 0.1) is 11.5 Å². The van der Waals surface area contributed by atoms with Gasteiger partial charge in [-0.1, -0.05) is 23.2 Å². The molecule has 2 bridgehead atoms. The fourth-order valence-electron chi connectivity index (χ4n) is 5.24. The molecule has 2 heterocycles. The lowest BCUT2D eigenvalue weighted by molar-refractivity contribution is -0.144. The minimum absolute atomic E-state index is 0.0866. The number of ether oxygens (including phenoxy) is 1. The van der Waals surface area contributed by atoms with E-state index in [1.54, 1.807) is 11.0 Å². The maximum atomic E-state index is 13.7. The Bertz CT molecular complexity index is 866. The van der Waals surface area contributed by atoms with E-state index in [9.17, 15) is 9.59 Å². The summed E-state index contributed by atoms with van der Waals surface area (Å²) in [7, 11) is 0. The topological polar surface area (TPSA) is 49.9 Å². The molecule has 2 fully saturated rings. The first-order valence-electron chi connectivity index (χ1n) is 10.3. The molecule has 0 aromatic heterocycles. The Balaban J connectivity index is 1.55. The van der Waals surface area contributed by atoms with Crippen LogP contribution in [0.25, 0.3) is 0 Å². The van der Waals surface area contributed by atoms with Crippen molar-refractivity contribution >= 4 is 35.2 Å². The summed E-state index contributed by atoms with van der Waals surface area (Å²) in [5.74, 6) is 0.134. The molecule has 2 unspecified atom stereocenters. The van der Waals surface area contributed by atoms with Crippen LogP contribution in [0.1, 0.15) is 64.1 Å². The van der Waals surface area contributed by atoms with Crippen LogP contribution in [0.5, 0.6) is 0 Å². The lowest BCUT2D eigenvalue weighted by atomic mass is 9.83. The largest absolute Gasteiger partial charge is 0.444 e. The minimum Gasteiger partial charge on any atom is -0.444 e. The molecular formula is C22H28Cl2N2O3. The van der Waals surface area contributed by atoms with Gasteiger partial charge in [-0.3, -0.25) is 4.79 Å². The van der Waals surface area contributed by atoms with Gasteiger partial charge in [0.2, 0.25) is 5.91 Å². The van der Waals surface area contributed by atoms with E-state index >= 15 is 0 Å². The third kappa shape index (κ3) is 3.61. The highest BCUT2D eigenvalue weighted by Gasteiger charge is 2.57. The van der Waals surface area contributed by atoms with Gasteiger partial charge in [-0.05, 0) is 76.6 Å². The standard InChI is InChI=1S/C22H28Cl2N2O3/c1-13-18-14(9-15(23)10-17(18)24)6-8-25(13)19(27)22-7-5-16(11-22)26(12-22)20(28)29-21(2,3)4/h9-10,13,16H,5-8,11-12H2,1-4H3/t13-,16?,22?/m0/s1. The van der Waals surface area contributed by atoms with Crippen molar-refractivity contribution in [3.63, 3.8) is 0 Å². The van der Waals surface area contributed by atoms with Crippen molar-refractivity contribution in [2.45, 2.75) is 71.1 Å². The molecule has 0 N–H and O–H groups in total. The summed E-state index contributed by atoms with van der Waals surface area (Å²) < 4.78 is 5.57. The molecular weight excluding hydrogens is 411 g/mol. The Morgan fingerprint density at radius 3 is 2.62 bits per heavy atom. The minimum atomic E-state index is -0.542. The zero-order valence-corrected chi connectivity index (χ0v) is 18.9. The second kappa shape index (κ2) is 7.05. The number of carbonyl (C=O) groups excluding carboxylic acids is 2. The summed E-state index contributed by atoms with van der Waals surface area (Å²) in [6, 6.07) is 3.67. The molecule has 3 aliphatic rings. The summed E-state index contributed by atoms with van der Waals surface area (Å²) in [6.45, 7) is 8.70. The molecule has 1 saturated carbocycles. The summed E-state index contributed by atoms with van der Waals surface area (Å²) in [6.07, 6.45) is 2.81. The van der Waals surface area contributed by atoms with Crippen molar-refractivity contribution in [2.24, 2.45) is 5.41 Å². The van der Waals surface area contributed by atoms with Crippen LogP contribution in [0.2, 0.25) is 10.0 Å². The number of halogens is 2. The van der Waals surface area contributed by atoms with E-state index in [-0.39, 0.29) is 24.1 Å². The Morgan fingerprint density at radius 1 is 1.21 bits per heavy atom. The molecule has 29 heavy (non-hydrogen) atoms. The molecule has 1 saturated heterocycles. The van der Waals surface area contributed by atoms with E-state index in [0.29, 0.717) is 23.1 Å². The van der Waals surface area contributed by atoms with Gasteiger partial charge in [0.1, 0.15) is 5.60 Å². The van der Waals surface area contributed by atoms with Gasteiger partial charge in [-0.2, -0.15) is 0 Å². The molecule has 5 nitrogen and oxygen atoms in total. The van der Waals surface area contributed by atoms with Crippen molar-refractivity contribution in [1.82, 2.24) is 9.80 Å². The Morgan fingerprint density at radius 2 is 1.93 bits per heavy atom. The van der Waals surface area contributed by atoms with Crippen LogP contribution >= 0.6 is 23.2 Å². The SMILES string of the molecule is C[C@H]1c2c(Cl)cc(Cl)cc2CCN1C(=O)C12CCC(C1)N(C(=O)OC(C)(C)C)C2. The summed E-state index contributed by atoms with van der Waals surface area (Å²) in [4.78, 5) is 30.1. The van der Waals surface area contributed by atoms with Crippen molar-refractivity contribution in [3.8, 4) is 0 Å². The van der Waals surface area contributed by atoms with Crippen LogP contribution < -0.4 is 0 Å². The lowest BCUT2D eigenvalue weighted by Crippen LogP contribution is -2.50. The van der Waals surface area contributed by atoms with E-state index in [2.05, 4.69) is 0 Å². The van der Waals surface area contributed by atoms with Crippen molar-refractivity contribution in [2.75, 3.05) is 13.1 Å². The van der Waals surface area contributed by atoms with Gasteiger partial charge in [0.25, 0.3) is 0 Å². The molecule has 3 atom stereocenters. The first kappa shape index (κ1) is 20.8. The van der Waals surface area contributed by atoms with Crippen LogP contribution in [0, 0.1) is 5.41 Å². The number of likely N-dealkylation sites (tertiary alicyclic amines) is 1. The lowest BCUT2D eigenvalue weighted by Gasteiger charge is -2.41. The maximum absolute atomic E-state index is 13.7. The highest BCUT2D eigenvalue weighted by Crippen LogP contribution is 2.51. The molecule has 2 aliphatic heterocycles. The highest BCUT2D eigenvalue weighted by molar-refractivity contribution is 6.35. The normalized spacial score (nSPS) is 28.5. The smallest absolute Gasteiger partial charge is 0.410 e. The fourth-order valence-corrected chi connectivity index (χ4v) is 5.94. The van der Waals surface area contributed by atoms with E-state index in [1.165, 1.54) is 0 Å². The molecule has 4 rings (SSSR count). The number of amides is 2. The molecule has 158 valence electrons. The van der Waals surface area contributed by atoms with Gasteiger partial charge in [-0.25, -0.2) is 4.79 Å². The summed E-state index contributed by atoms with van der Waals surface area (Å²) in [5, 5.41) is 1.24. The quantitative estimate of drug-likeness (QED) is 0.602. The number of benzene rings is 1. The second-order valence-electron chi connectivity index (χ2n) is 9.67. The fraction of sp³-hybridized carbons (Fsp3) is 0.636. The van der Waals surface area contributed by atoms with Crippen molar-refractivity contribution < 1.29 is 14.3 Å². The van der Waals surface area contributed by atoms with Gasteiger partial charge < -0.3 is 14.5 Å². The zero-order chi connectivity index (χ0) is 21.1. The summed E-state index contributed by atoms with van der Waals surface area (Å²) >= 11 is 12.6. The molecule has 0 radical (unpaired) electrons. The van der Waals surface area contributed by atoms with Crippen molar-refractivity contribution in [3.05, 3.63) is 33.3 Å². The Labute approximate surface area is 182 Å². The number of hydrogen-bond acceptors (Lipinski definition) is 3. The van der Waals surface area contributed by atoms with Crippen LogP contribution in [0.4, 0.5) is 4.79 Å². The maximum Gasteiger partial charge on any atom is 0.410 e. The van der Waals surface area contributed by atoms with E-state index in [1.807, 2.05) is 38.7 Å². The average molecular weight is 439 g/mol. The average Bonchev–Trinajstić information content (AvgIpc) is 3.19. The Hall–Kier alpha value is -1.46. The highest BCUT2D eigenvalue weighted by atomic mass is 35.5. The second-order valence-corrected chi connectivity index (χ2v) is 10.5. The number of nitrogens with zero attached hydrogens (tertiary/aromatic N) is 2. The van der Waals surface area contributed by atoms with E-state index in [0.717, 1.165) is 36.8 Å². The predicted molar refractivity (Wildman–Crippen MR) is 113 cm³/mol. The predicted octanol–water partition coefficient (Wildman–Crippen LogP) is 5.23. The van der Waals surface area contributed by atoms with Gasteiger partial charge in [0, 0.05) is 29.2 Å². The number of piperidine rings is 1. The van der Waals surface area contributed by atoms with Crippen LogP contribution in [0.3, 0.4) is 0 Å². The molecule has 1 aromatic rings.